The highest BCUT2D eigenvalue weighted by Crippen LogP contribution is 2.42. The third kappa shape index (κ3) is 5.13. The standard InChI is InChI=1S/C50H31N5S2/c1-3-13-33(14-4-1)53(35-25-27-46-40(30-35)39-19-9-10-20-43(39)54(46)34-15-5-2-6-16-34)36-24-26-41-48(31-36)56-49(51-41)32-23-28-47-42(29-32)52-50(57-47)55-44-21-11-7-17-37(44)38-18-8-12-22-45(38)55/h1-31H. The Balaban J connectivity index is 0.950. The number of benzene rings is 8. The van der Waals surface area contributed by atoms with Gasteiger partial charge in [0.25, 0.3) is 0 Å². The number of anilines is 3. The summed E-state index contributed by atoms with van der Waals surface area (Å²) >= 11 is 3.45. The summed E-state index contributed by atoms with van der Waals surface area (Å²) in [7, 11) is 0. The third-order valence-corrected chi connectivity index (χ3v) is 13.1. The highest BCUT2D eigenvalue weighted by atomic mass is 32.1. The fourth-order valence-electron chi connectivity index (χ4n) is 8.43. The smallest absolute Gasteiger partial charge is 0.195 e. The van der Waals surface area contributed by atoms with Crippen LogP contribution in [0, 0.1) is 0 Å². The van der Waals surface area contributed by atoms with E-state index in [4.69, 9.17) is 9.97 Å². The van der Waals surface area contributed by atoms with Crippen LogP contribution >= 0.6 is 22.7 Å². The molecule has 0 saturated carbocycles. The third-order valence-electron chi connectivity index (χ3n) is 11.0. The van der Waals surface area contributed by atoms with E-state index in [0.29, 0.717) is 0 Å². The van der Waals surface area contributed by atoms with Gasteiger partial charge in [0.1, 0.15) is 5.01 Å². The maximum Gasteiger partial charge on any atom is 0.195 e. The highest BCUT2D eigenvalue weighted by molar-refractivity contribution is 7.22. The number of para-hydroxylation sites is 5. The van der Waals surface area contributed by atoms with Gasteiger partial charge in [-0.2, -0.15) is 0 Å². The fourth-order valence-corrected chi connectivity index (χ4v) is 10.4. The molecule has 12 rings (SSSR count). The van der Waals surface area contributed by atoms with Crippen LogP contribution in [0.2, 0.25) is 0 Å². The Kier molecular flexibility index (Phi) is 7.20. The predicted octanol–water partition coefficient (Wildman–Crippen LogP) is 14.2. The van der Waals surface area contributed by atoms with Gasteiger partial charge in [0, 0.05) is 49.9 Å². The van der Waals surface area contributed by atoms with Crippen LogP contribution in [0.5, 0.6) is 0 Å². The van der Waals surface area contributed by atoms with Gasteiger partial charge in [-0.15, -0.1) is 11.3 Å². The first-order chi connectivity index (χ1) is 28.2. The van der Waals surface area contributed by atoms with Crippen molar-refractivity contribution in [2.24, 2.45) is 0 Å². The SMILES string of the molecule is c1ccc(N(c2ccc3nc(-c4ccc5sc(-n6c7ccccc7c7ccccc76)nc5c4)sc3c2)c2ccc3c(c2)c2ccccc2n3-c2ccccc2)cc1. The number of rotatable bonds is 6. The summed E-state index contributed by atoms with van der Waals surface area (Å²) in [4.78, 5) is 12.7. The molecule has 0 aliphatic carbocycles. The monoisotopic (exact) mass is 765 g/mol. The van der Waals surface area contributed by atoms with E-state index in [9.17, 15) is 0 Å². The Bertz CT molecular complexity index is 3430. The van der Waals surface area contributed by atoms with Crippen molar-refractivity contribution in [2.75, 3.05) is 4.90 Å². The van der Waals surface area contributed by atoms with E-state index in [0.717, 1.165) is 58.9 Å². The minimum absolute atomic E-state index is 0.970. The lowest BCUT2D eigenvalue weighted by Gasteiger charge is -2.25. The van der Waals surface area contributed by atoms with Crippen molar-refractivity contribution >= 4 is 104 Å². The van der Waals surface area contributed by atoms with E-state index >= 15 is 0 Å². The molecule has 4 heterocycles. The molecule has 7 heteroatoms. The number of hydrogen-bond donors (Lipinski definition) is 0. The summed E-state index contributed by atoms with van der Waals surface area (Å²) in [6, 6.07) is 67.2. The van der Waals surface area contributed by atoms with Gasteiger partial charge in [-0.1, -0.05) is 108 Å². The summed E-state index contributed by atoms with van der Waals surface area (Å²) in [6.07, 6.45) is 0. The predicted molar refractivity (Wildman–Crippen MR) is 242 cm³/mol. The molecule has 268 valence electrons. The number of hydrogen-bond acceptors (Lipinski definition) is 5. The average Bonchev–Trinajstić information content (AvgIpc) is 4.04. The first-order valence-corrected chi connectivity index (χ1v) is 20.6. The lowest BCUT2D eigenvalue weighted by atomic mass is 10.1. The van der Waals surface area contributed by atoms with Crippen molar-refractivity contribution in [3.63, 3.8) is 0 Å². The molecule has 0 spiro atoms. The normalized spacial score (nSPS) is 11.9. The quantitative estimate of drug-likeness (QED) is 0.169. The fraction of sp³-hybridized carbons (Fsp3) is 0. The minimum Gasteiger partial charge on any atom is -0.310 e. The molecular formula is C50H31N5S2. The molecule has 0 fully saturated rings. The molecule has 0 bridgehead atoms. The lowest BCUT2D eigenvalue weighted by molar-refractivity contribution is 1.15. The van der Waals surface area contributed by atoms with E-state index in [2.05, 4.69) is 202 Å². The lowest BCUT2D eigenvalue weighted by Crippen LogP contribution is -2.09. The molecule has 0 N–H and O–H groups in total. The average molecular weight is 766 g/mol. The van der Waals surface area contributed by atoms with Gasteiger partial charge in [0.05, 0.1) is 42.5 Å². The highest BCUT2D eigenvalue weighted by Gasteiger charge is 2.20. The van der Waals surface area contributed by atoms with E-state index < -0.39 is 0 Å². The molecule has 0 amide bonds. The second kappa shape index (κ2) is 12.7. The summed E-state index contributed by atoms with van der Waals surface area (Å²) < 4.78 is 6.95. The van der Waals surface area contributed by atoms with E-state index in [1.54, 1.807) is 22.7 Å². The molecule has 57 heavy (non-hydrogen) atoms. The Labute approximate surface area is 335 Å². The number of nitrogens with zero attached hydrogens (tertiary/aromatic N) is 5. The molecule has 4 aromatic heterocycles. The molecule has 0 radical (unpaired) electrons. The van der Waals surface area contributed by atoms with Crippen molar-refractivity contribution in [1.29, 1.82) is 0 Å². The van der Waals surface area contributed by atoms with Crippen molar-refractivity contribution in [3.8, 4) is 21.4 Å². The first-order valence-electron chi connectivity index (χ1n) is 19.0. The first kappa shape index (κ1) is 32.2. The molecule has 0 atom stereocenters. The van der Waals surface area contributed by atoms with Crippen molar-refractivity contribution < 1.29 is 0 Å². The number of thiazole rings is 2. The van der Waals surface area contributed by atoms with Crippen LogP contribution in [-0.4, -0.2) is 19.1 Å². The molecule has 12 aromatic rings. The topological polar surface area (TPSA) is 38.9 Å². The number of aromatic nitrogens is 4. The Hall–Kier alpha value is -7.06. The van der Waals surface area contributed by atoms with E-state index in [-0.39, 0.29) is 0 Å². The van der Waals surface area contributed by atoms with Crippen LogP contribution in [-0.2, 0) is 0 Å². The van der Waals surface area contributed by atoms with E-state index in [1.807, 2.05) is 0 Å². The van der Waals surface area contributed by atoms with Gasteiger partial charge < -0.3 is 9.47 Å². The Morgan fingerprint density at radius 1 is 0.386 bits per heavy atom. The van der Waals surface area contributed by atoms with Crippen LogP contribution in [0.4, 0.5) is 17.1 Å². The summed E-state index contributed by atoms with van der Waals surface area (Å²) in [5, 5.41) is 6.88. The zero-order valence-electron chi connectivity index (χ0n) is 30.5. The second-order valence-corrected chi connectivity index (χ2v) is 16.3. The van der Waals surface area contributed by atoms with Crippen molar-refractivity contribution in [2.45, 2.75) is 0 Å². The van der Waals surface area contributed by atoms with E-state index in [1.165, 1.54) is 43.6 Å². The van der Waals surface area contributed by atoms with Crippen LogP contribution in [0.3, 0.4) is 0 Å². The van der Waals surface area contributed by atoms with Crippen molar-refractivity contribution in [3.05, 3.63) is 188 Å². The van der Waals surface area contributed by atoms with Crippen molar-refractivity contribution in [1.82, 2.24) is 19.1 Å². The molecule has 0 aliphatic heterocycles. The van der Waals surface area contributed by atoms with Gasteiger partial charge in [0.2, 0.25) is 0 Å². The van der Waals surface area contributed by atoms with Gasteiger partial charge in [-0.05, 0) is 91.0 Å². The van der Waals surface area contributed by atoms with Gasteiger partial charge >= 0.3 is 0 Å². The van der Waals surface area contributed by atoms with Crippen LogP contribution in [0.1, 0.15) is 0 Å². The molecule has 5 nitrogen and oxygen atoms in total. The summed E-state index contributed by atoms with van der Waals surface area (Å²) in [6.45, 7) is 0. The van der Waals surface area contributed by atoms with Gasteiger partial charge in [-0.3, -0.25) is 4.57 Å². The molecule has 8 aromatic carbocycles. The zero-order valence-corrected chi connectivity index (χ0v) is 32.1. The summed E-state index contributed by atoms with van der Waals surface area (Å²) in [5.41, 5.74) is 12.2. The van der Waals surface area contributed by atoms with Crippen LogP contribution < -0.4 is 4.90 Å². The number of fused-ring (bicyclic) bond motifs is 8. The second-order valence-electron chi connectivity index (χ2n) is 14.3. The Morgan fingerprint density at radius 3 is 1.72 bits per heavy atom. The summed E-state index contributed by atoms with van der Waals surface area (Å²) in [5.74, 6) is 0. The zero-order chi connectivity index (χ0) is 37.5. The molecule has 0 aliphatic rings. The molecule has 0 unspecified atom stereocenters. The Morgan fingerprint density at radius 2 is 0.982 bits per heavy atom. The largest absolute Gasteiger partial charge is 0.310 e. The molecular weight excluding hydrogens is 735 g/mol. The van der Waals surface area contributed by atoms with Gasteiger partial charge in [0.15, 0.2) is 5.13 Å². The maximum absolute atomic E-state index is 5.21. The minimum atomic E-state index is 0.970. The van der Waals surface area contributed by atoms with Crippen LogP contribution in [0.15, 0.2) is 188 Å². The molecule has 0 saturated heterocycles. The van der Waals surface area contributed by atoms with Gasteiger partial charge in [-0.25, -0.2) is 9.97 Å². The maximum atomic E-state index is 5.21. The van der Waals surface area contributed by atoms with Crippen LogP contribution in [0.25, 0.3) is 85.4 Å².